The number of hydrogen-bond donors (Lipinski definition) is 1. The van der Waals surface area contributed by atoms with E-state index in [2.05, 4.69) is 10.4 Å². The molecule has 0 aliphatic heterocycles. The van der Waals surface area contributed by atoms with E-state index in [4.69, 9.17) is 4.74 Å². The van der Waals surface area contributed by atoms with Gasteiger partial charge in [0.05, 0.1) is 17.9 Å². The van der Waals surface area contributed by atoms with Crippen molar-refractivity contribution in [2.75, 3.05) is 20.3 Å². The van der Waals surface area contributed by atoms with Crippen molar-refractivity contribution in [2.45, 2.75) is 6.92 Å². The van der Waals surface area contributed by atoms with Gasteiger partial charge in [0.15, 0.2) is 0 Å². The Morgan fingerprint density at radius 2 is 1.96 bits per heavy atom. The van der Waals surface area contributed by atoms with Gasteiger partial charge >= 0.3 is 0 Å². The molecule has 0 spiro atoms. The molecule has 0 atom stereocenters. The summed E-state index contributed by atoms with van der Waals surface area (Å²) < 4.78 is 6.74. The number of aromatic nitrogens is 2. The third-order valence-electron chi connectivity index (χ3n) is 3.86. The lowest BCUT2D eigenvalue weighted by Gasteiger charge is -2.05. The monoisotopic (exact) mass is 335 g/mol. The average Bonchev–Trinajstić information content (AvgIpc) is 3.08. The number of methoxy groups -OCH3 is 1. The van der Waals surface area contributed by atoms with Crippen LogP contribution in [-0.4, -0.2) is 35.9 Å². The molecule has 5 heteroatoms. The number of ether oxygens (including phenoxy) is 1. The minimum Gasteiger partial charge on any atom is -0.383 e. The van der Waals surface area contributed by atoms with Gasteiger partial charge in [-0.3, -0.25) is 4.79 Å². The summed E-state index contributed by atoms with van der Waals surface area (Å²) >= 11 is 0. The predicted octanol–water partition coefficient (Wildman–Crippen LogP) is 3.22. The third kappa shape index (κ3) is 3.95. The first kappa shape index (κ1) is 16.9. The second-order valence-electron chi connectivity index (χ2n) is 5.79. The molecule has 1 N–H and O–H groups in total. The Kier molecular flexibility index (Phi) is 5.26. The fourth-order valence-electron chi connectivity index (χ4n) is 2.62. The van der Waals surface area contributed by atoms with Crippen LogP contribution in [-0.2, 0) is 4.74 Å². The Hall–Kier alpha value is -2.92. The Morgan fingerprint density at radius 3 is 2.68 bits per heavy atom. The van der Waals surface area contributed by atoms with Gasteiger partial charge in [0.25, 0.3) is 5.91 Å². The van der Waals surface area contributed by atoms with Crippen LogP contribution in [0.25, 0.3) is 16.9 Å². The molecule has 0 saturated carbocycles. The smallest absolute Gasteiger partial charge is 0.255 e. The molecule has 0 fully saturated rings. The van der Waals surface area contributed by atoms with Gasteiger partial charge in [-0.15, -0.1) is 0 Å². The zero-order valence-corrected chi connectivity index (χ0v) is 14.4. The standard InChI is InChI=1S/C20H21N3O2/c1-15-7-6-8-16(13-15)19-18(20(24)21-11-12-25-2)14-23(22-19)17-9-4-3-5-10-17/h3-10,13-14H,11-12H2,1-2H3,(H,21,24). The summed E-state index contributed by atoms with van der Waals surface area (Å²) in [4.78, 5) is 12.6. The third-order valence-corrected chi connectivity index (χ3v) is 3.86. The first-order valence-corrected chi connectivity index (χ1v) is 8.18. The molecule has 1 amide bonds. The zero-order valence-electron chi connectivity index (χ0n) is 14.4. The first-order chi connectivity index (χ1) is 12.2. The summed E-state index contributed by atoms with van der Waals surface area (Å²) in [6.07, 6.45) is 1.77. The van der Waals surface area contributed by atoms with Crippen LogP contribution in [0.3, 0.4) is 0 Å². The lowest BCUT2D eigenvalue weighted by molar-refractivity contribution is 0.0937. The second kappa shape index (κ2) is 7.77. The summed E-state index contributed by atoms with van der Waals surface area (Å²) in [5, 5.41) is 7.54. The van der Waals surface area contributed by atoms with Crippen molar-refractivity contribution >= 4 is 5.91 Å². The van der Waals surface area contributed by atoms with E-state index in [1.807, 2.05) is 61.5 Å². The molecule has 128 valence electrons. The average molecular weight is 335 g/mol. The van der Waals surface area contributed by atoms with E-state index in [0.29, 0.717) is 24.4 Å². The molecule has 5 nitrogen and oxygen atoms in total. The zero-order chi connectivity index (χ0) is 17.6. The van der Waals surface area contributed by atoms with E-state index >= 15 is 0 Å². The van der Waals surface area contributed by atoms with Crippen LogP contribution in [0.2, 0.25) is 0 Å². The maximum atomic E-state index is 12.6. The molecular formula is C20H21N3O2. The van der Waals surface area contributed by atoms with Crippen LogP contribution in [0, 0.1) is 6.92 Å². The van der Waals surface area contributed by atoms with Crippen LogP contribution >= 0.6 is 0 Å². The topological polar surface area (TPSA) is 56.1 Å². The molecule has 1 heterocycles. The van der Waals surface area contributed by atoms with Crippen LogP contribution in [0.15, 0.2) is 60.8 Å². The van der Waals surface area contributed by atoms with Gasteiger partial charge in [-0.25, -0.2) is 4.68 Å². The number of amides is 1. The van der Waals surface area contributed by atoms with Gasteiger partial charge in [0.1, 0.15) is 5.69 Å². The lowest BCUT2D eigenvalue weighted by Crippen LogP contribution is -2.27. The largest absolute Gasteiger partial charge is 0.383 e. The van der Waals surface area contributed by atoms with Gasteiger partial charge in [-0.05, 0) is 25.1 Å². The summed E-state index contributed by atoms with van der Waals surface area (Å²) in [6.45, 7) is 2.95. The summed E-state index contributed by atoms with van der Waals surface area (Å²) in [5.41, 5.74) is 4.17. The Morgan fingerprint density at radius 1 is 1.16 bits per heavy atom. The van der Waals surface area contributed by atoms with Crippen molar-refractivity contribution in [3.8, 4) is 16.9 Å². The van der Waals surface area contributed by atoms with Crippen LogP contribution in [0.4, 0.5) is 0 Å². The molecule has 25 heavy (non-hydrogen) atoms. The molecule has 0 aliphatic rings. The molecule has 3 rings (SSSR count). The van der Waals surface area contributed by atoms with Crippen molar-refractivity contribution in [1.82, 2.24) is 15.1 Å². The van der Waals surface area contributed by atoms with E-state index in [1.165, 1.54) is 0 Å². The van der Waals surface area contributed by atoms with E-state index < -0.39 is 0 Å². The molecular weight excluding hydrogens is 314 g/mol. The second-order valence-corrected chi connectivity index (χ2v) is 5.79. The Labute approximate surface area is 147 Å². The van der Waals surface area contributed by atoms with Crippen LogP contribution in [0.5, 0.6) is 0 Å². The highest BCUT2D eigenvalue weighted by Crippen LogP contribution is 2.24. The van der Waals surface area contributed by atoms with Gasteiger partial charge in [0, 0.05) is 25.4 Å². The van der Waals surface area contributed by atoms with Gasteiger partial charge in [-0.1, -0.05) is 42.0 Å². The van der Waals surface area contributed by atoms with Crippen LogP contribution < -0.4 is 5.32 Å². The molecule has 0 aliphatic carbocycles. The molecule has 1 aromatic heterocycles. The number of nitrogens with one attached hydrogen (secondary N) is 1. The highest BCUT2D eigenvalue weighted by molar-refractivity contribution is 6.00. The normalized spacial score (nSPS) is 10.6. The number of benzene rings is 2. The molecule has 3 aromatic rings. The summed E-state index contributed by atoms with van der Waals surface area (Å²) in [6, 6.07) is 17.8. The Bertz CT molecular complexity index is 856. The fourth-order valence-corrected chi connectivity index (χ4v) is 2.62. The fraction of sp³-hybridized carbons (Fsp3) is 0.200. The number of hydrogen-bond acceptors (Lipinski definition) is 3. The van der Waals surface area contributed by atoms with Crippen molar-refractivity contribution < 1.29 is 9.53 Å². The highest BCUT2D eigenvalue weighted by Gasteiger charge is 2.18. The maximum absolute atomic E-state index is 12.6. The maximum Gasteiger partial charge on any atom is 0.255 e. The van der Waals surface area contributed by atoms with Crippen LogP contribution in [0.1, 0.15) is 15.9 Å². The Balaban J connectivity index is 2.02. The van der Waals surface area contributed by atoms with Gasteiger partial charge in [-0.2, -0.15) is 5.10 Å². The van der Waals surface area contributed by atoms with E-state index in [-0.39, 0.29) is 5.91 Å². The number of aryl methyl sites for hydroxylation is 1. The minimum atomic E-state index is -0.157. The van der Waals surface area contributed by atoms with Crippen molar-refractivity contribution in [3.05, 3.63) is 71.9 Å². The minimum absolute atomic E-state index is 0.157. The lowest BCUT2D eigenvalue weighted by atomic mass is 10.1. The summed E-state index contributed by atoms with van der Waals surface area (Å²) in [7, 11) is 1.61. The van der Waals surface area contributed by atoms with Crippen molar-refractivity contribution in [2.24, 2.45) is 0 Å². The van der Waals surface area contributed by atoms with Gasteiger partial charge < -0.3 is 10.1 Å². The van der Waals surface area contributed by atoms with E-state index in [9.17, 15) is 4.79 Å². The SMILES string of the molecule is COCCNC(=O)c1cn(-c2ccccc2)nc1-c1cccc(C)c1. The number of rotatable bonds is 6. The van der Waals surface area contributed by atoms with Crippen molar-refractivity contribution in [1.29, 1.82) is 0 Å². The summed E-state index contributed by atoms with van der Waals surface area (Å²) in [5.74, 6) is -0.157. The van der Waals surface area contributed by atoms with Crippen molar-refractivity contribution in [3.63, 3.8) is 0 Å². The predicted molar refractivity (Wildman–Crippen MR) is 97.9 cm³/mol. The molecule has 0 unspecified atom stereocenters. The highest BCUT2D eigenvalue weighted by atomic mass is 16.5. The molecule has 0 radical (unpaired) electrons. The quantitative estimate of drug-likeness (QED) is 0.704. The van der Waals surface area contributed by atoms with E-state index in [0.717, 1.165) is 16.8 Å². The number of nitrogens with zero attached hydrogens (tertiary/aromatic N) is 2. The number of carbonyl (C=O) groups is 1. The molecule has 0 bridgehead atoms. The van der Waals surface area contributed by atoms with E-state index in [1.54, 1.807) is 18.0 Å². The molecule has 2 aromatic carbocycles. The molecule has 0 saturated heterocycles. The van der Waals surface area contributed by atoms with Gasteiger partial charge in [0.2, 0.25) is 0 Å². The number of carbonyl (C=O) groups excluding carboxylic acids is 1. The first-order valence-electron chi connectivity index (χ1n) is 8.18. The number of para-hydroxylation sites is 1.